The summed E-state index contributed by atoms with van der Waals surface area (Å²) in [5.74, 6) is -3.25. The van der Waals surface area contributed by atoms with E-state index in [4.69, 9.17) is 26.8 Å². The van der Waals surface area contributed by atoms with E-state index in [-0.39, 0.29) is 24.3 Å². The Kier molecular flexibility index (Phi) is 16.2. The third kappa shape index (κ3) is 15.4. The van der Waals surface area contributed by atoms with E-state index in [1.165, 1.54) is 0 Å². The van der Waals surface area contributed by atoms with Gasteiger partial charge in [0.2, 0.25) is 0 Å². The van der Waals surface area contributed by atoms with Gasteiger partial charge in [0, 0.05) is 5.75 Å². The van der Waals surface area contributed by atoms with E-state index in [0.29, 0.717) is 4.61 Å². The fourth-order valence-electron chi connectivity index (χ4n) is 1.20. The largest absolute Gasteiger partial charge is 0.480 e. The number of carbonyl (C=O) groups is 4. The van der Waals surface area contributed by atoms with Crippen molar-refractivity contribution in [3.63, 3.8) is 0 Å². The number of carboxylic acids is 3. The van der Waals surface area contributed by atoms with Crippen molar-refractivity contribution in [3.8, 4) is 0 Å². The van der Waals surface area contributed by atoms with Gasteiger partial charge in [-0.25, -0.2) is 0 Å². The fraction of sp³-hybridized carbons (Fsp3) is 0.615. The maximum Gasteiger partial charge on any atom is 0.321 e. The van der Waals surface area contributed by atoms with Gasteiger partial charge in [0.1, 0.15) is 6.04 Å². The van der Waals surface area contributed by atoms with Gasteiger partial charge in [0.05, 0.1) is 0 Å². The molecule has 0 aliphatic heterocycles. The van der Waals surface area contributed by atoms with Gasteiger partial charge in [0.15, 0.2) is 0 Å². The minimum atomic E-state index is -1.17. The molecule has 27 heavy (non-hydrogen) atoms. The maximum atomic E-state index is 11.6. The number of thiol groups is 2. The minimum Gasteiger partial charge on any atom is -0.480 e. The van der Waals surface area contributed by atoms with E-state index < -0.39 is 48.5 Å². The molecular weight excluding hydrogens is 467 g/mol. The number of aliphatic imine (C=N–C) groups is 1. The summed E-state index contributed by atoms with van der Waals surface area (Å²) in [4.78, 5) is 46.0. The van der Waals surface area contributed by atoms with Crippen LogP contribution < -0.4 is 16.8 Å². The van der Waals surface area contributed by atoms with Crippen LogP contribution in [0.3, 0.4) is 0 Å². The molecular formula is C13H23N4O7S2Se. The van der Waals surface area contributed by atoms with Crippen molar-refractivity contribution in [2.24, 2.45) is 16.5 Å². The Morgan fingerprint density at radius 3 is 1.85 bits per heavy atom. The number of amides is 1. The second-order valence-electron chi connectivity index (χ2n) is 4.96. The number of rotatable bonds is 11. The normalized spacial score (nSPS) is 14.1. The van der Waals surface area contributed by atoms with Crippen molar-refractivity contribution in [2.75, 3.05) is 18.1 Å². The Balaban J connectivity index is 0. The molecule has 0 bridgehead atoms. The molecule has 0 aromatic heterocycles. The summed E-state index contributed by atoms with van der Waals surface area (Å²) in [6.07, 6.45) is -0.0422. The fourth-order valence-corrected chi connectivity index (χ4v) is 2.33. The average molecular weight is 490 g/mol. The first-order valence-electron chi connectivity index (χ1n) is 7.37. The Labute approximate surface area is 175 Å². The van der Waals surface area contributed by atoms with Crippen LogP contribution in [0.1, 0.15) is 12.8 Å². The first-order chi connectivity index (χ1) is 12.5. The zero-order valence-electron chi connectivity index (χ0n) is 14.1. The summed E-state index contributed by atoms with van der Waals surface area (Å²) in [6, 6.07) is -2.46. The van der Waals surface area contributed by atoms with Crippen LogP contribution in [0.2, 0.25) is 0 Å². The molecule has 8 N–H and O–H groups in total. The van der Waals surface area contributed by atoms with Gasteiger partial charge < -0.3 is 10.8 Å². The van der Waals surface area contributed by atoms with Crippen LogP contribution >= 0.6 is 25.3 Å². The summed E-state index contributed by atoms with van der Waals surface area (Å²) >= 11 is 10.3. The molecule has 1 radical (unpaired) electrons. The second-order valence-corrected chi connectivity index (χ2v) is 6.57. The standard InChI is InChI=1S/C10H16N3O5SSe.C3H7NO2S/c11-5(10(17)18)1-2-7(14)13-6(4-19)9(20)12-3-8(15)16;4-2(1-7)3(5)6/h5-6,19H,1-4,11H2,(H,13,14)(H,15,16)(H,17,18);2,7H,1,4H2,(H,5,6)/t;2-/m.0/s1. The number of hydrogen-bond donors (Lipinski definition) is 8. The molecule has 14 heteroatoms. The SMILES string of the molecule is NC(CCC(=O)NC(CS)C([Se])=NCC(=O)O)C(=O)O.N[C@@H](CS)C(=O)O. The number of hydrogen-bond acceptors (Lipinski definition) is 9. The van der Waals surface area contributed by atoms with Crippen molar-refractivity contribution in [2.45, 2.75) is 31.0 Å². The summed E-state index contributed by atoms with van der Waals surface area (Å²) in [6.45, 7) is -0.410. The van der Waals surface area contributed by atoms with E-state index in [1.807, 2.05) is 0 Å². The summed E-state index contributed by atoms with van der Waals surface area (Å²) in [7, 11) is 0. The predicted molar refractivity (Wildman–Crippen MR) is 106 cm³/mol. The van der Waals surface area contributed by atoms with Crippen LogP contribution in [0.25, 0.3) is 0 Å². The Morgan fingerprint density at radius 2 is 1.52 bits per heavy atom. The number of carboxylic acid groups (broad SMARTS) is 3. The molecule has 0 aromatic carbocycles. The molecule has 0 aliphatic rings. The van der Waals surface area contributed by atoms with E-state index in [1.54, 1.807) is 0 Å². The number of nitrogens with two attached hydrogens (primary N) is 2. The smallest absolute Gasteiger partial charge is 0.321 e. The molecule has 0 spiro atoms. The Bertz CT molecular complexity index is 551. The Morgan fingerprint density at radius 1 is 1.00 bits per heavy atom. The predicted octanol–water partition coefficient (Wildman–Crippen LogP) is -2.43. The number of carbonyl (C=O) groups excluding carboxylic acids is 1. The van der Waals surface area contributed by atoms with Gasteiger partial charge >= 0.3 is 135 Å². The van der Waals surface area contributed by atoms with Gasteiger partial charge in [-0.05, 0) is 0 Å². The third-order valence-corrected chi connectivity index (χ3v) is 4.33. The minimum absolute atomic E-state index is 0.00941. The monoisotopic (exact) mass is 491 g/mol. The molecule has 11 nitrogen and oxygen atoms in total. The molecule has 2 unspecified atom stereocenters. The third-order valence-electron chi connectivity index (χ3n) is 2.70. The van der Waals surface area contributed by atoms with Crippen LogP contribution in [-0.4, -0.2) is 95.9 Å². The number of aliphatic carboxylic acids is 3. The topological polar surface area (TPSA) is 205 Å². The Hall–Kier alpha value is -1.31. The van der Waals surface area contributed by atoms with Gasteiger partial charge in [0.25, 0.3) is 0 Å². The van der Waals surface area contributed by atoms with Gasteiger partial charge in [-0.15, -0.1) is 0 Å². The summed E-state index contributed by atoms with van der Waals surface area (Å²) < 4.78 is 0.318. The van der Waals surface area contributed by atoms with Gasteiger partial charge in [-0.3, -0.25) is 4.79 Å². The van der Waals surface area contributed by atoms with E-state index in [9.17, 15) is 19.2 Å². The van der Waals surface area contributed by atoms with E-state index >= 15 is 0 Å². The quantitative estimate of drug-likeness (QED) is 0.0879. The maximum absolute atomic E-state index is 11.6. The second kappa shape index (κ2) is 15.7. The zero-order chi connectivity index (χ0) is 21.6. The van der Waals surface area contributed by atoms with Gasteiger partial charge in [-0.2, -0.15) is 12.6 Å². The van der Waals surface area contributed by atoms with E-state index in [2.05, 4.69) is 51.6 Å². The molecule has 155 valence electrons. The molecule has 0 aliphatic carbocycles. The molecule has 0 rings (SSSR count). The molecule has 0 heterocycles. The summed E-state index contributed by atoms with van der Waals surface area (Å²) in [5.41, 5.74) is 10.2. The number of nitrogens with zero attached hydrogens (tertiary/aromatic N) is 1. The number of nitrogens with one attached hydrogen (secondary N) is 1. The van der Waals surface area contributed by atoms with Crippen molar-refractivity contribution < 1.29 is 34.5 Å². The molecule has 0 saturated carbocycles. The molecule has 3 atom stereocenters. The zero-order valence-corrected chi connectivity index (χ0v) is 17.6. The first kappa shape index (κ1) is 27.9. The molecule has 0 fully saturated rings. The molecule has 1 amide bonds. The van der Waals surface area contributed by atoms with Gasteiger partial charge in [-0.1, -0.05) is 0 Å². The van der Waals surface area contributed by atoms with Crippen molar-refractivity contribution in [1.29, 1.82) is 0 Å². The molecule has 0 saturated heterocycles. The van der Waals surface area contributed by atoms with E-state index in [0.717, 1.165) is 0 Å². The van der Waals surface area contributed by atoms with Crippen molar-refractivity contribution in [1.82, 2.24) is 5.32 Å². The summed E-state index contributed by atoms with van der Waals surface area (Å²) in [5, 5.41) is 27.7. The average Bonchev–Trinajstić information content (AvgIpc) is 2.61. The van der Waals surface area contributed by atoms with Crippen molar-refractivity contribution >= 4 is 69.7 Å². The van der Waals surface area contributed by atoms with Crippen LogP contribution in [0.4, 0.5) is 0 Å². The van der Waals surface area contributed by atoms with Crippen LogP contribution in [0.15, 0.2) is 4.99 Å². The van der Waals surface area contributed by atoms with Crippen molar-refractivity contribution in [3.05, 3.63) is 0 Å². The molecule has 0 aromatic rings. The first-order valence-corrected chi connectivity index (χ1v) is 9.49. The van der Waals surface area contributed by atoms with Crippen LogP contribution in [0, 0.1) is 0 Å². The van der Waals surface area contributed by atoms with Crippen LogP contribution in [0.5, 0.6) is 0 Å². The van der Waals surface area contributed by atoms with Crippen LogP contribution in [-0.2, 0) is 19.2 Å².